The first-order valence-corrected chi connectivity index (χ1v) is 6.87. The van der Waals surface area contributed by atoms with Crippen LogP contribution in [0.25, 0.3) is 10.8 Å². The molecule has 0 radical (unpaired) electrons. The Bertz CT molecular complexity index is 603. The Morgan fingerprint density at radius 2 is 1.90 bits per heavy atom. The fourth-order valence-corrected chi connectivity index (χ4v) is 2.22. The number of halogens is 1. The van der Waals surface area contributed by atoms with Crippen LogP contribution in [-0.2, 0) is 6.42 Å². The first-order valence-electron chi connectivity index (χ1n) is 6.87. The van der Waals surface area contributed by atoms with Crippen LogP contribution in [0.1, 0.15) is 5.56 Å². The largest absolute Gasteiger partial charge is 0.356 e. The summed E-state index contributed by atoms with van der Waals surface area (Å²) in [6.45, 7) is 5.25. The van der Waals surface area contributed by atoms with Crippen molar-refractivity contribution in [2.24, 2.45) is 4.99 Å². The minimum absolute atomic E-state index is 0. The van der Waals surface area contributed by atoms with Crippen LogP contribution < -0.4 is 10.6 Å². The quantitative estimate of drug-likeness (QED) is 0.353. The third-order valence-electron chi connectivity index (χ3n) is 3.20. The molecular formula is C17H22IN3. The highest BCUT2D eigenvalue weighted by Gasteiger charge is 2.01. The summed E-state index contributed by atoms with van der Waals surface area (Å²) in [6.07, 6.45) is 2.79. The lowest BCUT2D eigenvalue weighted by Crippen LogP contribution is -2.38. The average Bonchev–Trinajstić information content (AvgIpc) is 2.51. The number of aliphatic imine (C=N–C) groups is 1. The van der Waals surface area contributed by atoms with Crippen molar-refractivity contribution < 1.29 is 0 Å². The van der Waals surface area contributed by atoms with E-state index in [1.807, 2.05) is 6.08 Å². The number of nitrogens with one attached hydrogen (secondary N) is 2. The summed E-state index contributed by atoms with van der Waals surface area (Å²) in [7, 11) is 1.77. The van der Waals surface area contributed by atoms with E-state index >= 15 is 0 Å². The van der Waals surface area contributed by atoms with E-state index < -0.39 is 0 Å². The van der Waals surface area contributed by atoms with Crippen molar-refractivity contribution >= 4 is 40.7 Å². The first-order chi connectivity index (χ1) is 9.85. The fraction of sp³-hybridized carbons (Fsp3) is 0.235. The molecule has 0 spiro atoms. The van der Waals surface area contributed by atoms with Crippen molar-refractivity contribution in [3.63, 3.8) is 0 Å². The highest BCUT2D eigenvalue weighted by atomic mass is 127. The van der Waals surface area contributed by atoms with Gasteiger partial charge in [0.2, 0.25) is 0 Å². The van der Waals surface area contributed by atoms with Crippen molar-refractivity contribution in [1.82, 2.24) is 10.6 Å². The normalized spacial score (nSPS) is 10.8. The van der Waals surface area contributed by atoms with Crippen LogP contribution in [-0.4, -0.2) is 26.1 Å². The van der Waals surface area contributed by atoms with Crippen LogP contribution in [0.2, 0.25) is 0 Å². The number of guanidine groups is 1. The summed E-state index contributed by atoms with van der Waals surface area (Å²) in [4.78, 5) is 4.17. The standard InChI is InChI=1S/C17H21N3.HI/c1-3-12-19-17(18-2)20-13-11-15-9-6-8-14-7-4-5-10-16(14)15;/h3-10H,1,11-13H2,2H3,(H2,18,19,20);1H. The molecule has 0 amide bonds. The molecule has 0 fully saturated rings. The zero-order valence-corrected chi connectivity index (χ0v) is 14.6. The Labute approximate surface area is 143 Å². The SMILES string of the molecule is C=CCNC(=NC)NCCc1cccc2ccccc12.I. The third-order valence-corrected chi connectivity index (χ3v) is 3.20. The molecule has 0 atom stereocenters. The van der Waals surface area contributed by atoms with Crippen molar-refractivity contribution in [3.05, 3.63) is 60.7 Å². The predicted molar refractivity (Wildman–Crippen MR) is 103 cm³/mol. The van der Waals surface area contributed by atoms with Gasteiger partial charge in [-0.2, -0.15) is 0 Å². The number of hydrogen-bond acceptors (Lipinski definition) is 1. The van der Waals surface area contributed by atoms with E-state index in [0.29, 0.717) is 6.54 Å². The molecule has 2 rings (SSSR count). The molecule has 0 bridgehead atoms. The molecule has 0 saturated carbocycles. The molecule has 0 unspecified atom stereocenters. The molecule has 2 aromatic rings. The molecule has 0 aromatic heterocycles. The zero-order chi connectivity index (χ0) is 14.2. The summed E-state index contributed by atoms with van der Waals surface area (Å²) >= 11 is 0. The summed E-state index contributed by atoms with van der Waals surface area (Å²) < 4.78 is 0. The maximum atomic E-state index is 4.17. The molecule has 0 heterocycles. The van der Waals surface area contributed by atoms with Crippen LogP contribution in [0.3, 0.4) is 0 Å². The van der Waals surface area contributed by atoms with E-state index in [9.17, 15) is 0 Å². The Morgan fingerprint density at radius 3 is 2.67 bits per heavy atom. The van der Waals surface area contributed by atoms with Gasteiger partial charge < -0.3 is 10.6 Å². The van der Waals surface area contributed by atoms with Crippen LogP contribution >= 0.6 is 24.0 Å². The van der Waals surface area contributed by atoms with E-state index in [2.05, 4.69) is 64.7 Å². The molecule has 0 aliphatic rings. The van der Waals surface area contributed by atoms with Crippen molar-refractivity contribution in [2.45, 2.75) is 6.42 Å². The summed E-state index contributed by atoms with van der Waals surface area (Å²) in [5.41, 5.74) is 1.36. The maximum Gasteiger partial charge on any atom is 0.191 e. The van der Waals surface area contributed by atoms with Gasteiger partial charge >= 0.3 is 0 Å². The highest BCUT2D eigenvalue weighted by molar-refractivity contribution is 14.0. The second-order valence-electron chi connectivity index (χ2n) is 4.56. The number of fused-ring (bicyclic) bond motifs is 1. The number of nitrogens with zero attached hydrogens (tertiary/aromatic N) is 1. The Kier molecular flexibility index (Phi) is 7.82. The maximum absolute atomic E-state index is 4.17. The molecule has 4 heteroatoms. The van der Waals surface area contributed by atoms with Gasteiger partial charge in [0.05, 0.1) is 0 Å². The molecule has 0 aliphatic carbocycles. The van der Waals surface area contributed by atoms with E-state index in [1.165, 1.54) is 16.3 Å². The van der Waals surface area contributed by atoms with E-state index in [0.717, 1.165) is 18.9 Å². The summed E-state index contributed by atoms with van der Waals surface area (Å²) in [5.74, 6) is 0.810. The van der Waals surface area contributed by atoms with Crippen LogP contribution in [0, 0.1) is 0 Å². The molecule has 3 nitrogen and oxygen atoms in total. The number of benzene rings is 2. The van der Waals surface area contributed by atoms with Gasteiger partial charge in [0.15, 0.2) is 5.96 Å². The zero-order valence-electron chi connectivity index (χ0n) is 12.3. The number of rotatable bonds is 5. The van der Waals surface area contributed by atoms with Crippen molar-refractivity contribution in [3.8, 4) is 0 Å². The lowest BCUT2D eigenvalue weighted by molar-refractivity contribution is 0.825. The minimum Gasteiger partial charge on any atom is -0.356 e. The second kappa shape index (κ2) is 9.39. The molecule has 112 valence electrons. The monoisotopic (exact) mass is 395 g/mol. The lowest BCUT2D eigenvalue weighted by Gasteiger charge is -2.11. The number of hydrogen-bond donors (Lipinski definition) is 2. The molecule has 2 N–H and O–H groups in total. The smallest absolute Gasteiger partial charge is 0.191 e. The van der Waals surface area contributed by atoms with Gasteiger partial charge in [-0.1, -0.05) is 48.5 Å². The molecule has 2 aromatic carbocycles. The van der Waals surface area contributed by atoms with E-state index in [-0.39, 0.29) is 24.0 Å². The lowest BCUT2D eigenvalue weighted by atomic mass is 10.0. The van der Waals surface area contributed by atoms with Gasteiger partial charge in [-0.3, -0.25) is 4.99 Å². The summed E-state index contributed by atoms with van der Waals surface area (Å²) in [5, 5.41) is 9.09. The topological polar surface area (TPSA) is 36.4 Å². The van der Waals surface area contributed by atoms with E-state index in [1.54, 1.807) is 7.05 Å². The van der Waals surface area contributed by atoms with Crippen LogP contribution in [0.4, 0.5) is 0 Å². The Balaban J connectivity index is 0.00000220. The Morgan fingerprint density at radius 1 is 1.14 bits per heavy atom. The van der Waals surface area contributed by atoms with Gasteiger partial charge in [-0.25, -0.2) is 0 Å². The molecule has 0 aliphatic heterocycles. The van der Waals surface area contributed by atoms with Gasteiger partial charge in [0, 0.05) is 20.1 Å². The first kappa shape index (κ1) is 17.5. The van der Waals surface area contributed by atoms with Gasteiger partial charge in [-0.15, -0.1) is 30.6 Å². The van der Waals surface area contributed by atoms with E-state index in [4.69, 9.17) is 0 Å². The van der Waals surface area contributed by atoms with Crippen molar-refractivity contribution in [2.75, 3.05) is 20.1 Å². The van der Waals surface area contributed by atoms with Gasteiger partial charge in [0.1, 0.15) is 0 Å². The molecular weight excluding hydrogens is 373 g/mol. The van der Waals surface area contributed by atoms with Gasteiger partial charge in [0.25, 0.3) is 0 Å². The Hall–Kier alpha value is -1.56. The van der Waals surface area contributed by atoms with Crippen molar-refractivity contribution in [1.29, 1.82) is 0 Å². The molecule has 0 saturated heterocycles. The average molecular weight is 395 g/mol. The minimum atomic E-state index is 0. The van der Waals surface area contributed by atoms with Gasteiger partial charge in [-0.05, 0) is 22.8 Å². The highest BCUT2D eigenvalue weighted by Crippen LogP contribution is 2.18. The predicted octanol–water partition coefficient (Wildman–Crippen LogP) is 3.35. The molecule has 21 heavy (non-hydrogen) atoms. The van der Waals surface area contributed by atoms with Crippen LogP contribution in [0.5, 0.6) is 0 Å². The second-order valence-corrected chi connectivity index (χ2v) is 4.56. The fourth-order valence-electron chi connectivity index (χ4n) is 2.22. The van der Waals surface area contributed by atoms with Crippen LogP contribution in [0.15, 0.2) is 60.1 Å². The third kappa shape index (κ3) is 5.04. The summed E-state index contributed by atoms with van der Waals surface area (Å²) in [6, 6.07) is 14.9.